The highest BCUT2D eigenvalue weighted by Crippen LogP contribution is 2.61. The van der Waals surface area contributed by atoms with E-state index in [4.69, 9.17) is 11.6 Å². The number of halogens is 1. The van der Waals surface area contributed by atoms with Crippen LogP contribution < -0.4 is 10.6 Å². The second-order valence-electron chi connectivity index (χ2n) is 10.1. The van der Waals surface area contributed by atoms with Crippen LogP contribution in [0.2, 0.25) is 0 Å². The zero-order chi connectivity index (χ0) is 20.9. The van der Waals surface area contributed by atoms with E-state index in [-0.39, 0.29) is 28.4 Å². The third kappa shape index (κ3) is 3.59. The van der Waals surface area contributed by atoms with Crippen LogP contribution in [0.25, 0.3) is 0 Å². The molecule has 2 N–H and O–H groups in total. The van der Waals surface area contributed by atoms with Crippen molar-refractivity contribution in [2.45, 2.75) is 86.6 Å². The summed E-state index contributed by atoms with van der Waals surface area (Å²) < 4.78 is 0. The standard InChI is InChI=1S/C24H32ClN3O2/c1-2-21(29)28-9-7-18(8-10-28)26-22(30)27-24-13-16-11-23(25,15-24)12-17(14-24)20-6-4-3-5-19(16)20/h3-6,16-18H,2,7-15H2,1H3,(H2,26,27,30). The Morgan fingerprint density at radius 1 is 1.07 bits per heavy atom. The molecule has 4 aliphatic carbocycles. The van der Waals surface area contributed by atoms with Gasteiger partial charge in [-0.05, 0) is 67.9 Å². The van der Waals surface area contributed by atoms with Crippen LogP contribution in [0.5, 0.6) is 0 Å². The number of rotatable bonds is 3. The maximum Gasteiger partial charge on any atom is 0.315 e. The normalized spacial score (nSPS) is 34.9. The molecule has 6 heteroatoms. The average molecular weight is 430 g/mol. The molecule has 1 aliphatic heterocycles. The fraction of sp³-hybridized carbons (Fsp3) is 0.667. The number of carbonyl (C=O) groups is 2. The van der Waals surface area contributed by atoms with Gasteiger partial charge in [0, 0.05) is 36.0 Å². The van der Waals surface area contributed by atoms with Gasteiger partial charge in [0.05, 0.1) is 0 Å². The van der Waals surface area contributed by atoms with Crippen molar-refractivity contribution in [1.29, 1.82) is 0 Å². The molecule has 1 aromatic rings. The number of benzene rings is 1. The summed E-state index contributed by atoms with van der Waals surface area (Å²) >= 11 is 7.14. The summed E-state index contributed by atoms with van der Waals surface area (Å²) in [5.74, 6) is 1.04. The highest BCUT2D eigenvalue weighted by molar-refractivity contribution is 6.24. The van der Waals surface area contributed by atoms with Gasteiger partial charge < -0.3 is 15.5 Å². The van der Waals surface area contributed by atoms with E-state index < -0.39 is 0 Å². The molecular weight excluding hydrogens is 398 g/mol. The molecule has 6 rings (SSSR count). The maximum absolute atomic E-state index is 13.0. The fourth-order valence-electron chi connectivity index (χ4n) is 6.83. The Hall–Kier alpha value is -1.75. The van der Waals surface area contributed by atoms with Crippen LogP contribution in [0, 0.1) is 0 Å². The van der Waals surface area contributed by atoms with Gasteiger partial charge >= 0.3 is 6.03 Å². The van der Waals surface area contributed by atoms with E-state index in [9.17, 15) is 9.59 Å². The Kier molecular flexibility index (Phi) is 5.00. The first-order valence-corrected chi connectivity index (χ1v) is 11.9. The molecule has 0 aromatic heterocycles. The number of hydrogen-bond acceptors (Lipinski definition) is 2. The number of hydrogen-bond donors (Lipinski definition) is 2. The van der Waals surface area contributed by atoms with Crippen molar-refractivity contribution >= 4 is 23.5 Å². The molecule has 3 fully saturated rings. The van der Waals surface area contributed by atoms with Crippen molar-refractivity contribution in [2.75, 3.05) is 13.1 Å². The lowest BCUT2D eigenvalue weighted by Crippen LogP contribution is -2.61. The zero-order valence-electron chi connectivity index (χ0n) is 17.8. The van der Waals surface area contributed by atoms with E-state index in [1.165, 1.54) is 11.1 Å². The minimum atomic E-state index is -0.227. The van der Waals surface area contributed by atoms with Crippen LogP contribution >= 0.6 is 11.6 Å². The summed E-state index contributed by atoms with van der Waals surface area (Å²) in [6.07, 6.45) is 7.03. The Morgan fingerprint density at radius 2 is 1.67 bits per heavy atom. The molecule has 2 atom stereocenters. The SMILES string of the molecule is CCC(=O)N1CCC(NC(=O)NC23CC4CC(Cl)(CC(C2)c2ccccc24)C3)CC1. The van der Waals surface area contributed by atoms with Gasteiger partial charge in [0.1, 0.15) is 0 Å². The van der Waals surface area contributed by atoms with Crippen LogP contribution in [-0.4, -0.2) is 46.4 Å². The fourth-order valence-corrected chi connectivity index (χ4v) is 7.46. The van der Waals surface area contributed by atoms with E-state index in [0.717, 1.165) is 58.0 Å². The maximum atomic E-state index is 13.0. The molecule has 1 saturated heterocycles. The molecule has 2 saturated carbocycles. The number of amides is 3. The predicted molar refractivity (Wildman–Crippen MR) is 118 cm³/mol. The van der Waals surface area contributed by atoms with E-state index in [2.05, 4.69) is 34.9 Å². The summed E-state index contributed by atoms with van der Waals surface area (Å²) in [4.78, 5) is 26.6. The lowest BCUT2D eigenvalue weighted by Gasteiger charge is -2.52. The summed E-state index contributed by atoms with van der Waals surface area (Å²) in [5, 5.41) is 6.60. The molecule has 1 aromatic carbocycles. The van der Waals surface area contributed by atoms with Crippen LogP contribution in [0.3, 0.4) is 0 Å². The van der Waals surface area contributed by atoms with Crippen molar-refractivity contribution in [3.05, 3.63) is 35.4 Å². The first-order valence-electron chi connectivity index (χ1n) is 11.5. The van der Waals surface area contributed by atoms with E-state index >= 15 is 0 Å². The molecule has 4 bridgehead atoms. The molecule has 162 valence electrons. The average Bonchev–Trinajstić information content (AvgIpc) is 2.86. The number of carbonyl (C=O) groups excluding carboxylic acids is 2. The Bertz CT molecular complexity index is 814. The Labute approximate surface area is 183 Å². The topological polar surface area (TPSA) is 61.4 Å². The molecule has 0 spiro atoms. The van der Waals surface area contributed by atoms with Gasteiger partial charge in [-0.3, -0.25) is 4.79 Å². The number of nitrogens with one attached hydrogen (secondary N) is 2. The second-order valence-corrected chi connectivity index (χ2v) is 10.9. The lowest BCUT2D eigenvalue weighted by molar-refractivity contribution is -0.131. The summed E-state index contributed by atoms with van der Waals surface area (Å²) in [7, 11) is 0. The third-order valence-corrected chi connectivity index (χ3v) is 8.34. The number of likely N-dealkylation sites (tertiary alicyclic amines) is 1. The van der Waals surface area contributed by atoms with E-state index in [1.807, 2.05) is 11.8 Å². The lowest BCUT2D eigenvalue weighted by atomic mass is 9.62. The molecule has 2 unspecified atom stereocenters. The molecular formula is C24H32ClN3O2. The van der Waals surface area contributed by atoms with Gasteiger partial charge in [-0.15, -0.1) is 11.6 Å². The van der Waals surface area contributed by atoms with Crippen LogP contribution in [-0.2, 0) is 4.79 Å². The van der Waals surface area contributed by atoms with Gasteiger partial charge in [-0.1, -0.05) is 31.2 Å². The van der Waals surface area contributed by atoms with Gasteiger partial charge in [-0.25, -0.2) is 4.79 Å². The minimum absolute atomic E-state index is 0.0680. The first-order chi connectivity index (χ1) is 14.4. The first kappa shape index (κ1) is 20.2. The van der Waals surface area contributed by atoms with Gasteiger partial charge in [0.25, 0.3) is 0 Å². The zero-order valence-corrected chi connectivity index (χ0v) is 18.5. The molecule has 0 radical (unpaired) electrons. The summed E-state index contributed by atoms with van der Waals surface area (Å²) in [6, 6.07) is 8.86. The third-order valence-electron chi connectivity index (χ3n) is 7.89. The largest absolute Gasteiger partial charge is 0.343 e. The van der Waals surface area contributed by atoms with Crippen LogP contribution in [0.4, 0.5) is 4.79 Å². The number of urea groups is 1. The van der Waals surface area contributed by atoms with E-state index in [0.29, 0.717) is 18.3 Å². The van der Waals surface area contributed by atoms with Crippen molar-refractivity contribution in [1.82, 2.24) is 15.5 Å². The van der Waals surface area contributed by atoms with Crippen LogP contribution in [0.15, 0.2) is 24.3 Å². The smallest absolute Gasteiger partial charge is 0.315 e. The van der Waals surface area contributed by atoms with Gasteiger partial charge in [-0.2, -0.15) is 0 Å². The molecule has 5 aliphatic rings. The number of piperidine rings is 1. The molecule has 5 nitrogen and oxygen atoms in total. The molecule has 30 heavy (non-hydrogen) atoms. The van der Waals surface area contributed by atoms with Gasteiger partial charge in [0.2, 0.25) is 5.91 Å². The summed E-state index contributed by atoms with van der Waals surface area (Å²) in [6.45, 7) is 3.36. The minimum Gasteiger partial charge on any atom is -0.343 e. The predicted octanol–water partition coefficient (Wildman–Crippen LogP) is 4.26. The van der Waals surface area contributed by atoms with Crippen molar-refractivity contribution in [3.8, 4) is 0 Å². The van der Waals surface area contributed by atoms with E-state index in [1.54, 1.807) is 0 Å². The van der Waals surface area contributed by atoms with Gasteiger partial charge in [0.15, 0.2) is 0 Å². The quantitative estimate of drug-likeness (QED) is 0.705. The van der Waals surface area contributed by atoms with Crippen LogP contribution in [0.1, 0.15) is 81.3 Å². The Balaban J connectivity index is 1.27. The second kappa shape index (κ2) is 7.44. The summed E-state index contributed by atoms with van der Waals surface area (Å²) in [5.41, 5.74) is 2.67. The number of alkyl halides is 1. The molecule has 1 heterocycles. The number of nitrogens with zero attached hydrogens (tertiary/aromatic N) is 1. The highest BCUT2D eigenvalue weighted by Gasteiger charge is 2.56. The molecule has 3 amide bonds. The highest BCUT2D eigenvalue weighted by atomic mass is 35.5. The van der Waals surface area contributed by atoms with Crippen molar-refractivity contribution in [3.63, 3.8) is 0 Å². The van der Waals surface area contributed by atoms with Crippen molar-refractivity contribution < 1.29 is 9.59 Å². The monoisotopic (exact) mass is 429 g/mol. The Morgan fingerprint density at radius 3 is 2.23 bits per heavy atom. The van der Waals surface area contributed by atoms with Crippen molar-refractivity contribution in [2.24, 2.45) is 0 Å².